The minimum Gasteiger partial charge on any atom is -0.481 e. The van der Waals surface area contributed by atoms with E-state index >= 15 is 0 Å². The smallest absolute Gasteiger partial charge is 0.308 e. The highest BCUT2D eigenvalue weighted by molar-refractivity contribution is 5.79. The molecule has 2 unspecified atom stereocenters. The first-order valence-corrected chi connectivity index (χ1v) is 6.31. The first kappa shape index (κ1) is 12.4. The Morgan fingerprint density at radius 3 is 2.53 bits per heavy atom. The SMILES string of the molecule is NC1(CC(=O)NC2CCCC2C(=O)O)CCC1. The zero-order chi connectivity index (χ0) is 12.5. The van der Waals surface area contributed by atoms with Crippen LogP contribution in [0.15, 0.2) is 0 Å². The van der Waals surface area contributed by atoms with Crippen LogP contribution < -0.4 is 11.1 Å². The van der Waals surface area contributed by atoms with Crippen molar-refractivity contribution in [3.8, 4) is 0 Å². The van der Waals surface area contributed by atoms with Gasteiger partial charge in [-0.1, -0.05) is 6.42 Å². The molecule has 1 amide bonds. The van der Waals surface area contributed by atoms with E-state index in [4.69, 9.17) is 10.8 Å². The van der Waals surface area contributed by atoms with Crippen molar-refractivity contribution in [3.05, 3.63) is 0 Å². The van der Waals surface area contributed by atoms with E-state index in [-0.39, 0.29) is 17.5 Å². The Bertz CT molecular complexity index is 326. The summed E-state index contributed by atoms with van der Waals surface area (Å²) in [7, 11) is 0. The van der Waals surface area contributed by atoms with Crippen LogP contribution in [0.25, 0.3) is 0 Å². The normalized spacial score (nSPS) is 30.6. The fourth-order valence-electron chi connectivity index (χ4n) is 2.81. The van der Waals surface area contributed by atoms with Gasteiger partial charge in [-0.3, -0.25) is 9.59 Å². The van der Waals surface area contributed by atoms with Gasteiger partial charge in [-0.25, -0.2) is 0 Å². The Hall–Kier alpha value is -1.10. The lowest BCUT2D eigenvalue weighted by Gasteiger charge is -2.37. The lowest BCUT2D eigenvalue weighted by atomic mass is 9.75. The number of hydrogen-bond acceptors (Lipinski definition) is 3. The predicted octanol–water partition coefficient (Wildman–Crippen LogP) is 0.627. The number of hydrogen-bond donors (Lipinski definition) is 3. The van der Waals surface area contributed by atoms with Crippen LogP contribution in [0.3, 0.4) is 0 Å². The lowest BCUT2D eigenvalue weighted by Crippen LogP contribution is -2.51. The van der Waals surface area contributed by atoms with Crippen LogP contribution in [-0.2, 0) is 9.59 Å². The number of carbonyl (C=O) groups excluding carboxylic acids is 1. The molecular weight excluding hydrogens is 220 g/mol. The number of nitrogens with one attached hydrogen (secondary N) is 1. The third kappa shape index (κ3) is 2.77. The van der Waals surface area contributed by atoms with Crippen LogP contribution in [0.4, 0.5) is 0 Å². The average molecular weight is 240 g/mol. The van der Waals surface area contributed by atoms with Crippen molar-refractivity contribution in [1.29, 1.82) is 0 Å². The second kappa shape index (κ2) is 4.64. The summed E-state index contributed by atoms with van der Waals surface area (Å²) in [5, 5.41) is 11.8. The van der Waals surface area contributed by atoms with Crippen LogP contribution in [-0.4, -0.2) is 28.6 Å². The summed E-state index contributed by atoms with van der Waals surface area (Å²) in [4.78, 5) is 22.8. The molecule has 0 heterocycles. The first-order chi connectivity index (χ1) is 8.00. The predicted molar refractivity (Wildman–Crippen MR) is 62.3 cm³/mol. The van der Waals surface area contributed by atoms with Gasteiger partial charge >= 0.3 is 5.97 Å². The molecule has 5 heteroatoms. The molecule has 17 heavy (non-hydrogen) atoms. The molecule has 0 bridgehead atoms. The third-order valence-electron chi connectivity index (χ3n) is 4.04. The average Bonchev–Trinajstić information content (AvgIpc) is 2.63. The molecule has 2 atom stereocenters. The number of carbonyl (C=O) groups is 2. The monoisotopic (exact) mass is 240 g/mol. The number of carboxylic acids is 1. The second-order valence-electron chi connectivity index (χ2n) is 5.44. The number of rotatable bonds is 4. The van der Waals surface area contributed by atoms with Gasteiger partial charge in [-0.15, -0.1) is 0 Å². The molecule has 2 rings (SSSR count). The Morgan fingerprint density at radius 1 is 1.29 bits per heavy atom. The van der Waals surface area contributed by atoms with Crippen LogP contribution in [0.5, 0.6) is 0 Å². The zero-order valence-corrected chi connectivity index (χ0v) is 9.95. The van der Waals surface area contributed by atoms with Gasteiger partial charge in [0.15, 0.2) is 0 Å². The Labute approximate surface area is 101 Å². The Kier molecular flexibility index (Phi) is 3.38. The van der Waals surface area contributed by atoms with E-state index < -0.39 is 11.9 Å². The molecule has 2 fully saturated rings. The quantitative estimate of drug-likeness (QED) is 0.672. The van der Waals surface area contributed by atoms with Crippen molar-refractivity contribution in [1.82, 2.24) is 5.32 Å². The maximum atomic E-state index is 11.8. The number of nitrogens with two attached hydrogens (primary N) is 1. The van der Waals surface area contributed by atoms with Crippen LogP contribution >= 0.6 is 0 Å². The van der Waals surface area contributed by atoms with Gasteiger partial charge in [-0.05, 0) is 32.1 Å². The summed E-state index contributed by atoms with van der Waals surface area (Å²) < 4.78 is 0. The third-order valence-corrected chi connectivity index (χ3v) is 4.04. The van der Waals surface area contributed by atoms with Crippen LogP contribution in [0, 0.1) is 5.92 Å². The van der Waals surface area contributed by atoms with Gasteiger partial charge in [0, 0.05) is 18.0 Å². The van der Waals surface area contributed by atoms with Gasteiger partial charge in [0.05, 0.1) is 5.92 Å². The molecule has 2 aliphatic carbocycles. The van der Waals surface area contributed by atoms with E-state index in [9.17, 15) is 9.59 Å². The summed E-state index contributed by atoms with van der Waals surface area (Å²) in [6.45, 7) is 0. The van der Waals surface area contributed by atoms with E-state index in [1.54, 1.807) is 0 Å². The van der Waals surface area contributed by atoms with Crippen molar-refractivity contribution in [2.45, 2.75) is 56.5 Å². The van der Waals surface area contributed by atoms with Gasteiger partial charge in [0.2, 0.25) is 5.91 Å². The zero-order valence-electron chi connectivity index (χ0n) is 9.95. The van der Waals surface area contributed by atoms with Crippen molar-refractivity contribution in [2.75, 3.05) is 0 Å². The van der Waals surface area contributed by atoms with Crippen molar-refractivity contribution >= 4 is 11.9 Å². The fourth-order valence-corrected chi connectivity index (χ4v) is 2.81. The minimum atomic E-state index is -0.807. The van der Waals surface area contributed by atoms with Gasteiger partial charge in [-0.2, -0.15) is 0 Å². The minimum absolute atomic E-state index is 0.0923. The highest BCUT2D eigenvalue weighted by Crippen LogP contribution is 2.32. The van der Waals surface area contributed by atoms with E-state index in [0.29, 0.717) is 12.8 Å². The number of aliphatic carboxylic acids is 1. The Morgan fingerprint density at radius 2 is 2.00 bits per heavy atom. The molecule has 0 aromatic heterocycles. The van der Waals surface area contributed by atoms with Gasteiger partial charge in [0.25, 0.3) is 0 Å². The van der Waals surface area contributed by atoms with E-state index in [0.717, 1.165) is 32.1 Å². The number of amides is 1. The standard InChI is InChI=1S/C12H20N2O3/c13-12(5-2-6-12)7-10(15)14-9-4-1-3-8(9)11(16)17/h8-9H,1-7,13H2,(H,14,15)(H,16,17). The molecule has 0 aromatic carbocycles. The molecule has 0 saturated heterocycles. The molecular formula is C12H20N2O3. The lowest BCUT2D eigenvalue weighted by molar-refractivity contribution is -0.142. The Balaban J connectivity index is 1.83. The van der Waals surface area contributed by atoms with Gasteiger partial charge in [0.1, 0.15) is 0 Å². The summed E-state index contributed by atoms with van der Waals surface area (Å²) in [5.41, 5.74) is 5.66. The van der Waals surface area contributed by atoms with Gasteiger partial charge < -0.3 is 16.2 Å². The van der Waals surface area contributed by atoms with E-state index in [1.807, 2.05) is 0 Å². The summed E-state index contributed by atoms with van der Waals surface area (Å²) >= 11 is 0. The molecule has 0 aliphatic heterocycles. The van der Waals surface area contributed by atoms with Crippen molar-refractivity contribution in [3.63, 3.8) is 0 Å². The van der Waals surface area contributed by atoms with Crippen molar-refractivity contribution in [2.24, 2.45) is 11.7 Å². The van der Waals surface area contributed by atoms with E-state index in [2.05, 4.69) is 5.32 Å². The molecule has 0 radical (unpaired) electrons. The highest BCUT2D eigenvalue weighted by Gasteiger charge is 2.37. The molecule has 2 aliphatic rings. The maximum Gasteiger partial charge on any atom is 0.308 e. The van der Waals surface area contributed by atoms with Crippen LogP contribution in [0.2, 0.25) is 0 Å². The van der Waals surface area contributed by atoms with E-state index in [1.165, 1.54) is 0 Å². The van der Waals surface area contributed by atoms with Crippen LogP contribution in [0.1, 0.15) is 44.9 Å². The summed E-state index contributed by atoms with van der Waals surface area (Å²) in [6, 6.07) is -0.205. The maximum absolute atomic E-state index is 11.8. The molecule has 0 aromatic rings. The fraction of sp³-hybridized carbons (Fsp3) is 0.833. The molecule has 96 valence electrons. The summed E-state index contributed by atoms with van der Waals surface area (Å²) in [6.07, 6.45) is 5.51. The van der Waals surface area contributed by atoms with Crippen molar-refractivity contribution < 1.29 is 14.7 Å². The summed E-state index contributed by atoms with van der Waals surface area (Å²) in [5.74, 6) is -1.32. The number of carboxylic acid groups (broad SMARTS) is 1. The molecule has 4 N–H and O–H groups in total. The molecule has 0 spiro atoms. The topological polar surface area (TPSA) is 92.4 Å². The molecule has 2 saturated carbocycles. The molecule has 5 nitrogen and oxygen atoms in total. The largest absolute Gasteiger partial charge is 0.481 e. The first-order valence-electron chi connectivity index (χ1n) is 6.31. The second-order valence-corrected chi connectivity index (χ2v) is 5.44. The highest BCUT2D eigenvalue weighted by atomic mass is 16.4.